The van der Waals surface area contributed by atoms with Crippen LogP contribution in [0.2, 0.25) is 0 Å². The van der Waals surface area contributed by atoms with Crippen LogP contribution >= 0.6 is 7.75 Å². The van der Waals surface area contributed by atoms with Crippen LogP contribution < -0.4 is 9.05 Å². The number of carboxylic acid groups (broad SMARTS) is 1. The Morgan fingerprint density at radius 2 is 0.817 bits per heavy atom. The molecule has 1 amide bonds. The minimum Gasteiger partial charge on any atom is -0.481 e. The monoisotopic (exact) mass is 1150 g/mol. The van der Waals surface area contributed by atoms with Crippen LogP contribution in [0.25, 0.3) is 20.9 Å². The van der Waals surface area contributed by atoms with Crippen LogP contribution in [0.4, 0.5) is 0 Å². The standard InChI is InChI=1S/C18H31N3O.C18H31NO.C18H32O2.C12H10N3O3P.CH4/c1-2-3-4-5-6-7-8-9-10-11-12-13-14-15-16-17-18(22)20-21-19;1-2-3-4-5-6-7-8-9-10-11-12-13-14-15-16-17-19-18-20;1-2-3-4-5-6-7-8-9-10-11-12-13-14-15-16-17-18(19)20;13-14-15-19(16,17-11-7-3-1-4-8-11)18-12-9-5-2-6-10-12;/h6-7,9-10H,2-5,8,11-17H2,1H3;6-7,9-10H,2-5,8,11-17H2,1H3;6-7,9-10H,2-5,8,11-17H2,1H3,(H,19,20);1-10H;1H4/b3*7-6-,10-9-;;. The number of hydrogen-bond donors (Lipinski definition) is 1. The molecule has 14 nitrogen and oxygen atoms in total. The van der Waals surface area contributed by atoms with Crippen molar-refractivity contribution in [2.75, 3.05) is 6.54 Å². The fourth-order valence-electron chi connectivity index (χ4n) is 7.66. The van der Waals surface area contributed by atoms with E-state index in [2.05, 4.69) is 118 Å². The first-order valence-electron chi connectivity index (χ1n) is 30.6. The first kappa shape index (κ1) is 80.1. The highest BCUT2D eigenvalue weighted by molar-refractivity contribution is 7.53. The highest BCUT2D eigenvalue weighted by atomic mass is 31.2. The minimum absolute atomic E-state index is 0. The molecule has 1 N–H and O–H groups in total. The summed E-state index contributed by atoms with van der Waals surface area (Å²) >= 11 is 0. The summed E-state index contributed by atoms with van der Waals surface area (Å²) in [5.41, 5.74) is 16.6. The Morgan fingerprint density at radius 1 is 0.488 bits per heavy atom. The van der Waals surface area contributed by atoms with Gasteiger partial charge in [-0.2, -0.15) is 0 Å². The van der Waals surface area contributed by atoms with Crippen LogP contribution in [0.15, 0.2) is 149 Å². The van der Waals surface area contributed by atoms with E-state index in [-0.39, 0.29) is 13.3 Å². The molecule has 0 fully saturated rings. The van der Waals surface area contributed by atoms with Gasteiger partial charge in [0.2, 0.25) is 12.0 Å². The van der Waals surface area contributed by atoms with Gasteiger partial charge in [-0.3, -0.25) is 9.59 Å². The molecule has 2 aromatic rings. The molecule has 0 heterocycles. The summed E-state index contributed by atoms with van der Waals surface area (Å²) in [4.78, 5) is 42.8. The molecule has 0 bridgehead atoms. The van der Waals surface area contributed by atoms with E-state index in [4.69, 9.17) is 25.2 Å². The third-order valence-corrected chi connectivity index (χ3v) is 13.4. The molecule has 15 heteroatoms. The van der Waals surface area contributed by atoms with Crippen LogP contribution in [0.3, 0.4) is 0 Å². The number of carbonyl (C=O) groups excluding carboxylic acids is 2. The predicted octanol–water partition coefficient (Wildman–Crippen LogP) is 23.5. The Bertz CT molecular complexity index is 2060. The molecule has 2 aromatic carbocycles. The van der Waals surface area contributed by atoms with Crippen LogP contribution in [0, 0.1) is 0 Å². The van der Waals surface area contributed by atoms with E-state index < -0.39 is 13.7 Å². The molecule has 0 saturated heterocycles. The normalized spacial score (nSPS) is 11.0. The van der Waals surface area contributed by atoms with Crippen molar-refractivity contribution in [3.63, 3.8) is 0 Å². The first-order valence-corrected chi connectivity index (χ1v) is 32.1. The fourth-order valence-corrected chi connectivity index (χ4v) is 8.64. The van der Waals surface area contributed by atoms with Crippen LogP contribution in [0.5, 0.6) is 11.5 Å². The lowest BCUT2D eigenvalue weighted by Crippen LogP contribution is -1.97. The number of allylic oxidation sites excluding steroid dienone is 12. The summed E-state index contributed by atoms with van der Waals surface area (Å²) < 4.78 is 22.6. The summed E-state index contributed by atoms with van der Waals surface area (Å²) in [7, 11) is -3.95. The highest BCUT2D eigenvalue weighted by Crippen LogP contribution is 2.50. The summed E-state index contributed by atoms with van der Waals surface area (Å²) in [6.07, 6.45) is 68.7. The zero-order valence-electron chi connectivity index (χ0n) is 50.1. The third kappa shape index (κ3) is 64.7. The Balaban J connectivity index is -0.00000101. The molecule has 0 aliphatic carbocycles. The minimum atomic E-state index is -3.95. The maximum Gasteiger partial charge on any atom is 0.525 e. The molecule has 0 unspecified atom stereocenters. The Morgan fingerprint density at radius 3 is 1.15 bits per heavy atom. The van der Waals surface area contributed by atoms with Gasteiger partial charge in [0.05, 0.1) is 6.54 Å². The van der Waals surface area contributed by atoms with Crippen molar-refractivity contribution in [3.8, 4) is 11.5 Å². The van der Waals surface area contributed by atoms with Gasteiger partial charge in [0.25, 0.3) is 0 Å². The maximum absolute atomic E-state index is 12.3. The van der Waals surface area contributed by atoms with E-state index in [1.807, 2.05) is 0 Å². The van der Waals surface area contributed by atoms with Gasteiger partial charge < -0.3 is 14.2 Å². The van der Waals surface area contributed by atoms with Crippen molar-refractivity contribution >= 4 is 25.7 Å². The number of azide groups is 2. The van der Waals surface area contributed by atoms with E-state index in [1.54, 1.807) is 66.7 Å². The second kappa shape index (κ2) is 67.4. The van der Waals surface area contributed by atoms with E-state index in [1.165, 1.54) is 141 Å². The molecule has 0 spiro atoms. The summed E-state index contributed by atoms with van der Waals surface area (Å²) in [5, 5.41) is 11.6. The average molecular weight is 1150 g/mol. The number of aliphatic imine (C=N–C) groups is 1. The van der Waals surface area contributed by atoms with E-state index in [9.17, 15) is 18.9 Å². The molecule has 0 aliphatic heterocycles. The van der Waals surface area contributed by atoms with Crippen molar-refractivity contribution in [1.82, 2.24) is 0 Å². The zero-order chi connectivity index (χ0) is 59.5. The highest BCUT2D eigenvalue weighted by Gasteiger charge is 2.26. The van der Waals surface area contributed by atoms with Crippen molar-refractivity contribution in [1.29, 1.82) is 0 Å². The molecular formula is C67H108N7O7P. The van der Waals surface area contributed by atoms with E-state index in [0.717, 1.165) is 70.6 Å². The van der Waals surface area contributed by atoms with E-state index in [0.29, 0.717) is 30.9 Å². The topological polar surface area (TPSA) is 217 Å². The van der Waals surface area contributed by atoms with Gasteiger partial charge in [0.15, 0.2) is 0 Å². The van der Waals surface area contributed by atoms with Crippen LogP contribution in [-0.4, -0.2) is 29.6 Å². The Hall–Kier alpha value is -6.15. The Labute approximate surface area is 497 Å². The lowest BCUT2D eigenvalue weighted by molar-refractivity contribution is -0.137. The van der Waals surface area contributed by atoms with E-state index >= 15 is 0 Å². The predicted molar refractivity (Wildman–Crippen MR) is 346 cm³/mol. The number of isocyanates is 1. The van der Waals surface area contributed by atoms with Crippen LogP contribution in [-0.2, 0) is 18.9 Å². The van der Waals surface area contributed by atoms with Gasteiger partial charge in [-0.15, -0.1) is 0 Å². The number of aliphatic carboxylic acids is 1. The van der Waals surface area contributed by atoms with Crippen LogP contribution in [0.1, 0.15) is 253 Å². The maximum atomic E-state index is 12.3. The lowest BCUT2D eigenvalue weighted by Gasteiger charge is -2.14. The SMILES string of the molecule is C.CCCCC/C=C\C/C=C\CCCCCCCC(=O)N=[N+]=[N-].CCCCC/C=C\C/C=C\CCCCCCCC(=O)O.CCCCC/C=C\C/C=C\CCCCCCCN=C=O.[N-]=[N+]=NP(=O)(Oc1ccccc1)Oc1ccccc1. The number of para-hydroxylation sites is 2. The number of carbonyl (C=O) groups is 2. The quantitative estimate of drug-likeness (QED) is 0.00987. The number of nitrogens with zero attached hydrogens (tertiary/aromatic N) is 7. The van der Waals surface area contributed by atoms with Gasteiger partial charge in [0, 0.05) is 27.5 Å². The molecule has 0 saturated carbocycles. The van der Waals surface area contributed by atoms with Gasteiger partial charge in [-0.05, 0) is 156 Å². The smallest absolute Gasteiger partial charge is 0.481 e. The number of carboxylic acids is 1. The largest absolute Gasteiger partial charge is 0.525 e. The molecule has 0 atom stereocenters. The second-order valence-corrected chi connectivity index (χ2v) is 21.1. The molecule has 82 heavy (non-hydrogen) atoms. The lowest BCUT2D eigenvalue weighted by atomic mass is 10.1. The van der Waals surface area contributed by atoms with Crippen molar-refractivity contribution < 1.29 is 33.1 Å². The molecule has 0 aliphatic rings. The number of benzene rings is 2. The van der Waals surface area contributed by atoms with Gasteiger partial charge >= 0.3 is 13.7 Å². The summed E-state index contributed by atoms with van der Waals surface area (Å²) in [6, 6.07) is 16.8. The first-order chi connectivity index (χ1) is 39.7. The Kier molecular flexibility index (Phi) is 65.8. The van der Waals surface area contributed by atoms with Gasteiger partial charge in [0.1, 0.15) is 11.5 Å². The number of unbranched alkanes of at least 4 members (excludes halogenated alkanes) is 24. The van der Waals surface area contributed by atoms with Crippen molar-refractivity contribution in [3.05, 3.63) is 154 Å². The zero-order valence-corrected chi connectivity index (χ0v) is 51.0. The number of amides is 1. The summed E-state index contributed by atoms with van der Waals surface area (Å²) in [6.45, 7) is 7.35. The van der Waals surface area contributed by atoms with Gasteiger partial charge in [-0.25, -0.2) is 14.4 Å². The average Bonchev–Trinajstić information content (AvgIpc) is 3.46. The number of rotatable bonds is 47. The molecule has 0 radical (unpaired) electrons. The number of hydrogen-bond acceptors (Lipinski definition) is 7. The van der Waals surface area contributed by atoms with Crippen molar-refractivity contribution in [2.24, 2.45) is 15.0 Å². The molecule has 2 rings (SSSR count). The second-order valence-electron chi connectivity index (χ2n) is 19.6. The molecule has 0 aromatic heterocycles. The summed E-state index contributed by atoms with van der Waals surface area (Å²) in [5.74, 6) is -0.410. The molecular weight excluding hydrogens is 1050 g/mol. The van der Waals surface area contributed by atoms with Gasteiger partial charge in [-0.1, -0.05) is 234 Å². The van der Waals surface area contributed by atoms with Crippen molar-refractivity contribution in [2.45, 2.75) is 253 Å². The third-order valence-electron chi connectivity index (χ3n) is 12.2. The molecule has 458 valence electrons. The fraction of sp³-hybridized carbons (Fsp3) is 0.597.